The Bertz CT molecular complexity index is 653. The Balaban J connectivity index is 2.10. The summed E-state index contributed by atoms with van der Waals surface area (Å²) in [6.07, 6.45) is 1.18. The number of rotatable bonds is 3. The van der Waals surface area contributed by atoms with Crippen LogP contribution in [-0.4, -0.2) is 12.0 Å². The topological polar surface area (TPSA) is 29.5 Å². The fraction of sp³-hybridized carbons (Fsp3) is 0.118. The molecule has 0 fully saturated rings. The van der Waals surface area contributed by atoms with Gasteiger partial charge in [0.15, 0.2) is 0 Å². The number of fused-ring (bicyclic) bond motifs is 2. The molecule has 1 unspecified atom stereocenters. The summed E-state index contributed by atoms with van der Waals surface area (Å²) in [5.74, 6) is -0.318. The zero-order valence-corrected chi connectivity index (χ0v) is 12.5. The Kier molecular flexibility index (Phi) is 3.71. The molecule has 0 saturated heterocycles. The van der Waals surface area contributed by atoms with Crippen LogP contribution in [0.3, 0.4) is 0 Å². The van der Waals surface area contributed by atoms with E-state index in [1.807, 2.05) is 48.2 Å². The van der Waals surface area contributed by atoms with Crippen molar-refractivity contribution in [2.75, 3.05) is 4.90 Å². The number of carbonyl (C=O) groups excluding carboxylic acids is 1. The minimum absolute atomic E-state index is 0.318. The molecule has 0 saturated carbocycles. The average molecular weight is 297 g/mol. The predicted octanol–water partition coefficient (Wildman–Crippen LogP) is 4.36. The highest BCUT2D eigenvalue weighted by Gasteiger charge is 2.30. The van der Waals surface area contributed by atoms with Crippen molar-refractivity contribution < 1.29 is 9.53 Å². The zero-order chi connectivity index (χ0) is 14.8. The van der Waals surface area contributed by atoms with Gasteiger partial charge in [-0.1, -0.05) is 42.6 Å². The number of carbonyl (C=O) groups is 1. The van der Waals surface area contributed by atoms with Crippen LogP contribution in [0.2, 0.25) is 0 Å². The summed E-state index contributed by atoms with van der Waals surface area (Å²) < 4.78 is 4.96. The molecule has 2 aromatic carbocycles. The van der Waals surface area contributed by atoms with Crippen LogP contribution in [0.1, 0.15) is 6.92 Å². The second-order valence-electron chi connectivity index (χ2n) is 4.69. The van der Waals surface area contributed by atoms with Gasteiger partial charge in [0.05, 0.1) is 17.6 Å². The van der Waals surface area contributed by atoms with E-state index < -0.39 is 6.04 Å². The minimum Gasteiger partial charge on any atom is -0.434 e. The van der Waals surface area contributed by atoms with Crippen LogP contribution >= 0.6 is 11.8 Å². The van der Waals surface area contributed by atoms with E-state index in [0.29, 0.717) is 0 Å². The molecule has 0 aliphatic carbocycles. The maximum atomic E-state index is 12.1. The van der Waals surface area contributed by atoms with E-state index in [9.17, 15) is 4.79 Å². The highest BCUT2D eigenvalue weighted by Crippen LogP contribution is 2.48. The largest absolute Gasteiger partial charge is 0.434 e. The van der Waals surface area contributed by atoms with Gasteiger partial charge in [0.1, 0.15) is 6.04 Å². The molecule has 0 aromatic heterocycles. The Labute approximate surface area is 128 Å². The van der Waals surface area contributed by atoms with Crippen molar-refractivity contribution in [2.45, 2.75) is 22.8 Å². The quantitative estimate of drug-likeness (QED) is 0.621. The number of para-hydroxylation sites is 2. The summed E-state index contributed by atoms with van der Waals surface area (Å²) >= 11 is 1.71. The molecule has 0 bridgehead atoms. The maximum absolute atomic E-state index is 12.1. The van der Waals surface area contributed by atoms with Crippen molar-refractivity contribution in [3.63, 3.8) is 0 Å². The molecule has 1 aliphatic rings. The lowest BCUT2D eigenvalue weighted by atomic mass is 10.1. The first-order valence-electron chi connectivity index (χ1n) is 6.69. The summed E-state index contributed by atoms with van der Waals surface area (Å²) in [5.41, 5.74) is 2.05. The summed E-state index contributed by atoms with van der Waals surface area (Å²) in [5, 5.41) is 0. The average Bonchev–Trinajstić information content (AvgIpc) is 2.52. The van der Waals surface area contributed by atoms with E-state index in [-0.39, 0.29) is 5.97 Å². The van der Waals surface area contributed by atoms with E-state index >= 15 is 0 Å². The second-order valence-corrected chi connectivity index (χ2v) is 5.77. The summed E-state index contributed by atoms with van der Waals surface area (Å²) in [4.78, 5) is 16.4. The van der Waals surface area contributed by atoms with Gasteiger partial charge < -0.3 is 9.64 Å². The molecule has 0 radical (unpaired) electrons. The van der Waals surface area contributed by atoms with Crippen LogP contribution < -0.4 is 4.90 Å². The number of ether oxygens (including phenoxy) is 1. The van der Waals surface area contributed by atoms with Crippen molar-refractivity contribution in [2.24, 2.45) is 0 Å². The number of hydrogen-bond donors (Lipinski definition) is 0. The first-order chi connectivity index (χ1) is 10.2. The SMILES string of the molecule is C=COC(=O)C(C)N1c2ccccc2Sc2ccccc21. The molecule has 21 heavy (non-hydrogen) atoms. The third kappa shape index (κ3) is 2.43. The highest BCUT2D eigenvalue weighted by molar-refractivity contribution is 7.99. The fourth-order valence-corrected chi connectivity index (χ4v) is 3.51. The molecule has 3 nitrogen and oxygen atoms in total. The van der Waals surface area contributed by atoms with Crippen LogP contribution in [0.5, 0.6) is 0 Å². The number of nitrogens with zero attached hydrogens (tertiary/aromatic N) is 1. The number of hydrogen-bond acceptors (Lipinski definition) is 4. The van der Waals surface area contributed by atoms with Gasteiger partial charge in [-0.25, -0.2) is 4.79 Å². The van der Waals surface area contributed by atoms with Crippen molar-refractivity contribution in [1.82, 2.24) is 0 Å². The van der Waals surface area contributed by atoms with Crippen molar-refractivity contribution in [3.05, 3.63) is 61.4 Å². The van der Waals surface area contributed by atoms with Crippen molar-refractivity contribution in [1.29, 1.82) is 0 Å². The van der Waals surface area contributed by atoms with Crippen LogP contribution in [-0.2, 0) is 9.53 Å². The lowest BCUT2D eigenvalue weighted by Gasteiger charge is -2.35. The van der Waals surface area contributed by atoms with Gasteiger partial charge in [0.2, 0.25) is 0 Å². The summed E-state index contributed by atoms with van der Waals surface area (Å²) in [6, 6.07) is 15.7. The number of benzene rings is 2. The number of esters is 1. The van der Waals surface area contributed by atoms with Crippen molar-refractivity contribution in [3.8, 4) is 0 Å². The highest BCUT2D eigenvalue weighted by atomic mass is 32.2. The van der Waals surface area contributed by atoms with Crippen LogP contribution in [0, 0.1) is 0 Å². The molecule has 0 amide bonds. The van der Waals surface area contributed by atoms with Gasteiger partial charge in [-0.2, -0.15) is 0 Å². The molecule has 1 aliphatic heterocycles. The van der Waals surface area contributed by atoms with Gasteiger partial charge in [0.25, 0.3) is 0 Å². The Morgan fingerprint density at radius 1 is 1.14 bits per heavy atom. The monoisotopic (exact) mass is 297 g/mol. The maximum Gasteiger partial charge on any atom is 0.333 e. The van der Waals surface area contributed by atoms with Crippen LogP contribution in [0.15, 0.2) is 71.2 Å². The Hall–Kier alpha value is -2.20. The van der Waals surface area contributed by atoms with Gasteiger partial charge in [0, 0.05) is 9.79 Å². The van der Waals surface area contributed by atoms with E-state index in [0.717, 1.165) is 21.2 Å². The van der Waals surface area contributed by atoms with E-state index in [1.165, 1.54) is 6.26 Å². The van der Waals surface area contributed by atoms with E-state index in [2.05, 4.69) is 18.7 Å². The van der Waals surface area contributed by atoms with Gasteiger partial charge in [-0.3, -0.25) is 0 Å². The molecule has 4 heteroatoms. The van der Waals surface area contributed by atoms with Crippen LogP contribution in [0.25, 0.3) is 0 Å². The van der Waals surface area contributed by atoms with E-state index in [4.69, 9.17) is 4.74 Å². The van der Waals surface area contributed by atoms with Crippen molar-refractivity contribution >= 4 is 29.1 Å². The zero-order valence-electron chi connectivity index (χ0n) is 11.7. The molecular formula is C17H15NO2S. The van der Waals surface area contributed by atoms with Crippen LogP contribution in [0.4, 0.5) is 11.4 Å². The molecule has 1 atom stereocenters. The number of anilines is 2. The van der Waals surface area contributed by atoms with Gasteiger partial charge in [-0.05, 0) is 31.2 Å². The summed E-state index contributed by atoms with van der Waals surface area (Å²) in [6.45, 7) is 5.29. The lowest BCUT2D eigenvalue weighted by molar-refractivity contribution is -0.138. The Morgan fingerprint density at radius 2 is 1.67 bits per heavy atom. The third-order valence-corrected chi connectivity index (χ3v) is 4.53. The molecule has 0 N–H and O–H groups in total. The normalized spacial score (nSPS) is 13.9. The molecule has 0 spiro atoms. The molecular weight excluding hydrogens is 282 g/mol. The predicted molar refractivity (Wildman–Crippen MR) is 84.9 cm³/mol. The summed E-state index contributed by atoms with van der Waals surface area (Å²) in [7, 11) is 0. The first-order valence-corrected chi connectivity index (χ1v) is 7.50. The standard InChI is InChI=1S/C17H15NO2S/c1-3-20-17(19)12(2)18-13-8-4-6-10-15(13)21-16-11-7-5-9-14(16)18/h3-12H,1H2,2H3. The molecule has 2 aromatic rings. The molecule has 106 valence electrons. The first kappa shape index (κ1) is 13.8. The van der Waals surface area contributed by atoms with Gasteiger partial charge in [-0.15, -0.1) is 0 Å². The minimum atomic E-state index is -0.425. The molecule has 3 rings (SSSR count). The lowest BCUT2D eigenvalue weighted by Crippen LogP contribution is -2.37. The third-order valence-electron chi connectivity index (χ3n) is 3.40. The van der Waals surface area contributed by atoms with Gasteiger partial charge >= 0.3 is 5.97 Å². The van der Waals surface area contributed by atoms with E-state index in [1.54, 1.807) is 11.8 Å². The fourth-order valence-electron chi connectivity index (χ4n) is 2.44. The smallest absolute Gasteiger partial charge is 0.333 e. The Morgan fingerprint density at radius 3 is 2.19 bits per heavy atom. The molecule has 1 heterocycles. The second kappa shape index (κ2) is 5.66.